The van der Waals surface area contributed by atoms with Gasteiger partial charge in [-0.2, -0.15) is 0 Å². The van der Waals surface area contributed by atoms with Crippen LogP contribution in [0.25, 0.3) is 0 Å². The van der Waals surface area contributed by atoms with Gasteiger partial charge in [0, 0.05) is 31.2 Å². The van der Waals surface area contributed by atoms with E-state index in [2.05, 4.69) is 0 Å². The second kappa shape index (κ2) is 10.3. The quantitative estimate of drug-likeness (QED) is 0.504. The largest absolute Gasteiger partial charge is 0.476 e. The molecule has 1 aliphatic carbocycles. The van der Waals surface area contributed by atoms with Gasteiger partial charge >= 0.3 is 6.09 Å². The predicted molar refractivity (Wildman–Crippen MR) is 139 cm³/mol. The van der Waals surface area contributed by atoms with Crippen LogP contribution < -0.4 is 9.64 Å². The molecule has 3 amide bonds. The minimum absolute atomic E-state index is 0.0891. The second-order valence-electron chi connectivity index (χ2n) is 11.5. The van der Waals surface area contributed by atoms with Crippen LogP contribution in [0.2, 0.25) is 0 Å². The van der Waals surface area contributed by atoms with Gasteiger partial charge in [0.2, 0.25) is 0 Å². The van der Waals surface area contributed by atoms with Crippen molar-refractivity contribution in [1.29, 1.82) is 0 Å². The molecule has 8 heteroatoms. The van der Waals surface area contributed by atoms with Crippen molar-refractivity contribution in [3.05, 3.63) is 23.3 Å². The minimum Gasteiger partial charge on any atom is -0.476 e. The maximum absolute atomic E-state index is 13.9. The van der Waals surface area contributed by atoms with Crippen molar-refractivity contribution in [2.24, 2.45) is 5.92 Å². The maximum atomic E-state index is 13.9. The number of likely N-dealkylation sites (tertiary alicyclic amines) is 1. The van der Waals surface area contributed by atoms with Gasteiger partial charge in [-0.1, -0.05) is 25.7 Å². The number of amides is 3. The molecule has 0 spiro atoms. The highest BCUT2D eigenvalue weighted by atomic mass is 16.5. The van der Waals surface area contributed by atoms with Gasteiger partial charge in [-0.25, -0.2) is 4.79 Å². The van der Waals surface area contributed by atoms with Crippen LogP contribution in [0.4, 0.5) is 10.5 Å². The molecule has 1 N–H and O–H groups in total. The van der Waals surface area contributed by atoms with Crippen molar-refractivity contribution in [3.8, 4) is 5.75 Å². The molecule has 0 radical (unpaired) electrons. The van der Waals surface area contributed by atoms with Gasteiger partial charge in [0.15, 0.2) is 5.60 Å². The van der Waals surface area contributed by atoms with E-state index in [1.54, 1.807) is 18.7 Å². The van der Waals surface area contributed by atoms with E-state index in [0.29, 0.717) is 36.6 Å². The van der Waals surface area contributed by atoms with E-state index >= 15 is 0 Å². The number of piperidine rings is 1. The second-order valence-corrected chi connectivity index (χ2v) is 11.5. The summed E-state index contributed by atoms with van der Waals surface area (Å²) < 4.78 is 6.11. The highest BCUT2D eigenvalue weighted by molar-refractivity contribution is 6.05. The molecule has 2 fully saturated rings. The first-order valence-corrected chi connectivity index (χ1v) is 13.5. The Morgan fingerprint density at radius 3 is 2.56 bits per heavy atom. The summed E-state index contributed by atoms with van der Waals surface area (Å²) in [7, 11) is 0. The highest BCUT2D eigenvalue weighted by Gasteiger charge is 2.42. The van der Waals surface area contributed by atoms with Crippen LogP contribution in [-0.2, 0) is 4.79 Å². The van der Waals surface area contributed by atoms with Crippen LogP contribution in [0.3, 0.4) is 0 Å². The fourth-order valence-electron chi connectivity index (χ4n) is 5.59. The van der Waals surface area contributed by atoms with E-state index in [4.69, 9.17) is 4.74 Å². The molecule has 1 saturated carbocycles. The van der Waals surface area contributed by atoms with Crippen LogP contribution in [0, 0.1) is 12.8 Å². The Balaban J connectivity index is 1.62. The van der Waals surface area contributed by atoms with Gasteiger partial charge in [0.05, 0.1) is 11.7 Å². The average molecular weight is 500 g/mol. The zero-order valence-electron chi connectivity index (χ0n) is 22.4. The van der Waals surface area contributed by atoms with Crippen LogP contribution in [-0.4, -0.2) is 70.1 Å². The molecule has 3 aliphatic rings. The Morgan fingerprint density at radius 2 is 1.92 bits per heavy atom. The van der Waals surface area contributed by atoms with E-state index in [0.717, 1.165) is 37.2 Å². The summed E-state index contributed by atoms with van der Waals surface area (Å²) in [6, 6.07) is 3.40. The normalized spacial score (nSPS) is 21.3. The third-order valence-corrected chi connectivity index (χ3v) is 7.74. The zero-order chi connectivity index (χ0) is 26.2. The van der Waals surface area contributed by atoms with Crippen molar-refractivity contribution in [1.82, 2.24) is 9.80 Å². The molecule has 0 aromatic heterocycles. The number of nitrogens with zero attached hydrogens (tertiary/aromatic N) is 3. The molecule has 4 rings (SSSR count). The molecule has 1 aromatic rings. The fraction of sp³-hybridized carbons (Fsp3) is 0.679. The summed E-state index contributed by atoms with van der Waals surface area (Å²) in [4.78, 5) is 43.9. The zero-order valence-corrected chi connectivity index (χ0v) is 22.4. The lowest BCUT2D eigenvalue weighted by Crippen LogP contribution is -2.54. The number of rotatable bonds is 8. The van der Waals surface area contributed by atoms with Gasteiger partial charge in [-0.15, -0.1) is 0 Å². The molecular formula is C28H41N3O5. The molecule has 0 unspecified atom stereocenters. The van der Waals surface area contributed by atoms with E-state index < -0.39 is 11.7 Å². The number of anilines is 1. The standard InChI is InChI=1S/C28H41N3O5/c1-18(2)31(21-10-8-13-29(17-21)27(34)35)25(32)22-16-23-24(15-19(22)3)36-28(4,5)26(33)30(23)14-7-6-9-20-11-12-20/h15-16,18,20-21H,6-14,17H2,1-5H3,(H,34,35)/t21-/m1/s1. The summed E-state index contributed by atoms with van der Waals surface area (Å²) in [5.41, 5.74) is 1.01. The molecule has 1 saturated heterocycles. The van der Waals surface area contributed by atoms with E-state index in [1.807, 2.05) is 37.8 Å². The number of fused-ring (bicyclic) bond motifs is 1. The minimum atomic E-state index is -0.964. The van der Waals surface area contributed by atoms with Crippen LogP contribution in [0.15, 0.2) is 12.1 Å². The smallest absolute Gasteiger partial charge is 0.407 e. The lowest BCUT2D eigenvalue weighted by Gasteiger charge is -2.41. The number of carbonyl (C=O) groups excluding carboxylic acids is 2. The first-order chi connectivity index (χ1) is 17.0. The Hall–Kier alpha value is -2.77. The van der Waals surface area contributed by atoms with Crippen molar-refractivity contribution >= 4 is 23.6 Å². The highest BCUT2D eigenvalue weighted by Crippen LogP contribution is 2.41. The van der Waals surface area contributed by atoms with Crippen molar-refractivity contribution in [2.45, 2.75) is 97.2 Å². The van der Waals surface area contributed by atoms with Gasteiger partial charge in [-0.3, -0.25) is 9.59 Å². The number of hydrogen-bond donors (Lipinski definition) is 1. The monoisotopic (exact) mass is 499 g/mol. The Labute approximate surface area is 214 Å². The Kier molecular flexibility index (Phi) is 7.53. The van der Waals surface area contributed by atoms with Gasteiger partial charge in [0.25, 0.3) is 11.8 Å². The summed E-state index contributed by atoms with van der Waals surface area (Å²) >= 11 is 0. The first-order valence-electron chi connectivity index (χ1n) is 13.5. The fourth-order valence-corrected chi connectivity index (χ4v) is 5.59. The Morgan fingerprint density at radius 1 is 1.19 bits per heavy atom. The number of hydrogen-bond acceptors (Lipinski definition) is 4. The molecule has 8 nitrogen and oxygen atoms in total. The number of ether oxygens (including phenoxy) is 1. The van der Waals surface area contributed by atoms with Crippen LogP contribution >= 0.6 is 0 Å². The molecule has 36 heavy (non-hydrogen) atoms. The van der Waals surface area contributed by atoms with E-state index in [-0.39, 0.29) is 23.9 Å². The number of carbonyl (C=O) groups is 3. The SMILES string of the molecule is Cc1cc2c(cc1C(=O)N(C(C)C)[C@@H]1CCCN(C(=O)O)C1)N(CCCCC1CC1)C(=O)C(C)(C)O2. The van der Waals surface area contributed by atoms with Crippen molar-refractivity contribution in [2.75, 3.05) is 24.5 Å². The summed E-state index contributed by atoms with van der Waals surface area (Å²) in [5.74, 6) is 1.27. The molecule has 1 atom stereocenters. The van der Waals surface area contributed by atoms with Gasteiger partial charge in [-0.05, 0) is 77.5 Å². The lowest BCUT2D eigenvalue weighted by molar-refractivity contribution is -0.132. The van der Waals surface area contributed by atoms with Gasteiger partial charge < -0.3 is 24.5 Å². The number of aryl methyl sites for hydroxylation is 1. The topological polar surface area (TPSA) is 90.4 Å². The Bertz CT molecular complexity index is 1020. The van der Waals surface area contributed by atoms with Crippen LogP contribution in [0.1, 0.15) is 88.6 Å². The third kappa shape index (κ3) is 5.47. The third-order valence-electron chi connectivity index (χ3n) is 7.74. The number of carboxylic acid groups (broad SMARTS) is 1. The molecule has 2 heterocycles. The number of benzene rings is 1. The van der Waals surface area contributed by atoms with Crippen molar-refractivity contribution in [3.63, 3.8) is 0 Å². The van der Waals surface area contributed by atoms with E-state index in [9.17, 15) is 19.5 Å². The summed E-state index contributed by atoms with van der Waals surface area (Å²) in [5, 5.41) is 9.50. The average Bonchev–Trinajstić information content (AvgIpc) is 3.63. The molecule has 1 aromatic carbocycles. The molecule has 198 valence electrons. The summed E-state index contributed by atoms with van der Waals surface area (Å²) in [6.07, 6.45) is 6.42. The summed E-state index contributed by atoms with van der Waals surface area (Å²) in [6.45, 7) is 10.8. The lowest BCUT2D eigenvalue weighted by atomic mass is 9.97. The molecule has 2 aliphatic heterocycles. The maximum Gasteiger partial charge on any atom is 0.407 e. The van der Waals surface area contributed by atoms with Crippen LogP contribution in [0.5, 0.6) is 5.75 Å². The molecular weight excluding hydrogens is 458 g/mol. The predicted octanol–water partition coefficient (Wildman–Crippen LogP) is 5.07. The first kappa shape index (κ1) is 26.3. The van der Waals surface area contributed by atoms with Crippen molar-refractivity contribution < 1.29 is 24.2 Å². The number of unbranched alkanes of at least 4 members (excludes halogenated alkanes) is 1. The van der Waals surface area contributed by atoms with E-state index in [1.165, 1.54) is 24.2 Å². The molecule has 0 bridgehead atoms. The van der Waals surface area contributed by atoms with Gasteiger partial charge in [0.1, 0.15) is 5.75 Å².